The second-order valence-corrected chi connectivity index (χ2v) is 25.4. The van der Waals surface area contributed by atoms with Crippen LogP contribution in [0.15, 0.2) is 60.7 Å². The molecule has 0 aliphatic heterocycles. The van der Waals surface area contributed by atoms with Crippen molar-refractivity contribution >= 4 is 50.9 Å². The molecule has 0 N–H and O–H groups in total. The number of fused-ring (bicyclic) bond motifs is 2. The quantitative estimate of drug-likeness (QED) is 0.249. The van der Waals surface area contributed by atoms with Crippen LogP contribution in [0.5, 0.6) is 0 Å². The Kier molecular flexibility index (Phi) is 9.26. The van der Waals surface area contributed by atoms with Gasteiger partial charge in [-0.2, -0.15) is 0 Å². The van der Waals surface area contributed by atoms with Crippen molar-refractivity contribution in [2.45, 2.75) is 89.9 Å². The first-order valence-electron chi connectivity index (χ1n) is 13.8. The van der Waals surface area contributed by atoms with Crippen LogP contribution in [0.25, 0.3) is 0 Å². The Labute approximate surface area is 233 Å². The summed E-state index contributed by atoms with van der Waals surface area (Å²) in [7, 11) is 4.18. The zero-order valence-electron chi connectivity index (χ0n) is 23.7. The van der Waals surface area contributed by atoms with E-state index in [-0.39, 0.29) is 0 Å². The van der Waals surface area contributed by atoms with E-state index in [1.54, 1.807) is 33.3 Å². The summed E-state index contributed by atoms with van der Waals surface area (Å²) < 4.78 is 4.87. The summed E-state index contributed by atoms with van der Waals surface area (Å²) in [6.07, 6.45) is 4.48. The minimum absolute atomic E-state index is 0.406. The Morgan fingerprint density at radius 3 is 1.78 bits per heavy atom. The standard InChI is InChI=1S/C10H19P3.C10H17.2C6H5.Sn/c1-9(2,3)7-11-8(13-12-7)10(4,5)6;1-7-4-5-8-6-9(7)10(8,2)3;2*1-2-4-6-5-3-1;/h12H,1-6H3;7-9H,1,4-6H2,2-3H3;2*1-5H;/t;7-,8+,9+;;;/m.1.../s1. The van der Waals surface area contributed by atoms with Crippen molar-refractivity contribution in [3.05, 3.63) is 70.7 Å². The van der Waals surface area contributed by atoms with Gasteiger partial charge in [0, 0.05) is 10.1 Å². The molecule has 6 rings (SSSR count). The number of rotatable bonds is 4. The van der Waals surface area contributed by atoms with Crippen LogP contribution >= 0.6 is 23.9 Å². The maximum atomic E-state index is 2.53. The Balaban J connectivity index is 0.000000200. The third kappa shape index (κ3) is 6.71. The van der Waals surface area contributed by atoms with Crippen molar-refractivity contribution in [3.63, 3.8) is 0 Å². The molecule has 3 aromatic rings. The molecule has 3 fully saturated rings. The van der Waals surface area contributed by atoms with Gasteiger partial charge < -0.3 is 0 Å². The molecule has 3 saturated carbocycles. The van der Waals surface area contributed by atoms with Crippen molar-refractivity contribution in [3.8, 4) is 0 Å². The summed E-state index contributed by atoms with van der Waals surface area (Å²) in [5.74, 6) is 2.98. The van der Waals surface area contributed by atoms with Gasteiger partial charge in [-0.1, -0.05) is 49.7 Å². The van der Waals surface area contributed by atoms with Crippen molar-refractivity contribution in [1.82, 2.24) is 0 Å². The maximum absolute atomic E-state index is 2.53. The molecule has 0 nitrogen and oxygen atoms in total. The van der Waals surface area contributed by atoms with Crippen LogP contribution in [0.3, 0.4) is 0 Å². The predicted octanol–water partition coefficient (Wildman–Crippen LogP) is 9.84. The normalized spacial score (nSPS) is 23.6. The van der Waals surface area contributed by atoms with Gasteiger partial charge in [0.2, 0.25) is 0 Å². The van der Waals surface area contributed by atoms with Crippen LogP contribution in [-0.4, -0.2) is 19.8 Å². The molecular weight excluding hydrogens is 596 g/mol. The molecule has 3 aliphatic rings. The first-order valence-corrected chi connectivity index (χ1v) is 22.3. The molecule has 0 amide bonds. The Morgan fingerprint density at radius 2 is 1.39 bits per heavy atom. The van der Waals surface area contributed by atoms with E-state index in [1.807, 2.05) is 0 Å². The van der Waals surface area contributed by atoms with Crippen LogP contribution in [0.4, 0.5) is 0 Å². The van der Waals surface area contributed by atoms with Gasteiger partial charge in [-0.25, -0.2) is 0 Å². The van der Waals surface area contributed by atoms with Gasteiger partial charge in [0.25, 0.3) is 0 Å². The van der Waals surface area contributed by atoms with Crippen LogP contribution in [0, 0.1) is 23.2 Å². The third-order valence-corrected chi connectivity index (χ3v) is 24.9. The molecule has 1 aromatic heterocycles. The van der Waals surface area contributed by atoms with Gasteiger partial charge in [-0.3, -0.25) is 0 Å². The minimum atomic E-state index is -1.78. The Morgan fingerprint density at radius 1 is 0.833 bits per heavy atom. The van der Waals surface area contributed by atoms with E-state index in [1.165, 1.54) is 23.7 Å². The molecule has 1 heterocycles. The van der Waals surface area contributed by atoms with E-state index < -0.39 is 19.8 Å². The molecule has 1 unspecified atom stereocenters. The molecular formula is C32H46P3Sn. The molecule has 3 aliphatic carbocycles. The second kappa shape index (κ2) is 11.5. The summed E-state index contributed by atoms with van der Waals surface area (Å²) in [5, 5.41) is 3.44. The molecule has 1 radical (unpaired) electrons. The van der Waals surface area contributed by atoms with Crippen molar-refractivity contribution in [2.24, 2.45) is 23.2 Å². The summed E-state index contributed by atoms with van der Waals surface area (Å²) in [6.45, 7) is 19.1. The summed E-state index contributed by atoms with van der Waals surface area (Å²) in [5.41, 5.74) is 1.44. The molecule has 4 atom stereocenters. The first kappa shape index (κ1) is 28.9. The van der Waals surface area contributed by atoms with Gasteiger partial charge >= 0.3 is 148 Å². The van der Waals surface area contributed by atoms with E-state index >= 15 is 0 Å². The number of hydrogen-bond donors (Lipinski definition) is 0. The predicted molar refractivity (Wildman–Crippen MR) is 169 cm³/mol. The summed E-state index contributed by atoms with van der Waals surface area (Å²) in [6, 6.07) is 22.9. The summed E-state index contributed by atoms with van der Waals surface area (Å²) in [4.78, 5) is 0. The average Bonchev–Trinajstić information content (AvgIpc) is 3.36. The SMILES string of the molecule is CC(C)(C)c1p[pH]c(C(C)(C)C)p1.CC1(C)[C@H]2CC[C@@H]([CH2][Sn]([c]3ccccc3)[c]3ccccc3)[C@@H]1C2. The van der Waals surface area contributed by atoms with Crippen molar-refractivity contribution in [1.29, 1.82) is 0 Å². The van der Waals surface area contributed by atoms with Crippen LogP contribution < -0.4 is 7.16 Å². The van der Waals surface area contributed by atoms with Gasteiger partial charge in [0.1, 0.15) is 0 Å². The van der Waals surface area contributed by atoms with Crippen LogP contribution in [0.2, 0.25) is 4.44 Å². The fourth-order valence-corrected chi connectivity index (χ4v) is 22.2. The van der Waals surface area contributed by atoms with Crippen LogP contribution in [0.1, 0.15) is 84.7 Å². The van der Waals surface area contributed by atoms with E-state index in [0.29, 0.717) is 16.2 Å². The second-order valence-electron chi connectivity index (χ2n) is 13.6. The zero-order valence-corrected chi connectivity index (χ0v) is 29.4. The van der Waals surface area contributed by atoms with Gasteiger partial charge in [0.05, 0.1) is 0 Å². The topological polar surface area (TPSA) is 0 Å². The average molecular weight is 642 g/mol. The monoisotopic (exact) mass is 643 g/mol. The van der Waals surface area contributed by atoms with Gasteiger partial charge in [0.15, 0.2) is 0 Å². The van der Waals surface area contributed by atoms with Crippen molar-refractivity contribution in [2.75, 3.05) is 0 Å². The van der Waals surface area contributed by atoms with E-state index in [9.17, 15) is 0 Å². The molecule has 36 heavy (non-hydrogen) atoms. The molecule has 0 saturated heterocycles. The number of hydrogen-bond acceptors (Lipinski definition) is 0. The van der Waals surface area contributed by atoms with E-state index in [2.05, 4.69) is 116 Å². The van der Waals surface area contributed by atoms with Gasteiger partial charge in [-0.15, -0.1) is 7.87 Å². The van der Waals surface area contributed by atoms with E-state index in [0.717, 1.165) is 25.6 Å². The Hall–Kier alpha value is -0.121. The first-order chi connectivity index (χ1) is 16.9. The molecule has 4 heteroatoms. The molecule has 193 valence electrons. The fraction of sp³-hybridized carbons (Fsp3) is 0.562. The molecule has 2 bridgehead atoms. The van der Waals surface area contributed by atoms with Crippen LogP contribution in [-0.2, 0) is 10.8 Å². The van der Waals surface area contributed by atoms with Crippen molar-refractivity contribution < 1.29 is 0 Å². The van der Waals surface area contributed by atoms with Gasteiger partial charge in [-0.05, 0) is 18.7 Å². The molecule has 2 aromatic carbocycles. The third-order valence-electron chi connectivity index (χ3n) is 8.58. The fourth-order valence-electron chi connectivity index (χ4n) is 6.08. The summed E-state index contributed by atoms with van der Waals surface area (Å²) >= 11 is -1.78. The Bertz CT molecular complexity index is 1040. The molecule has 0 spiro atoms. The van der Waals surface area contributed by atoms with E-state index in [4.69, 9.17) is 0 Å². The number of benzene rings is 2. The zero-order chi connectivity index (χ0) is 26.1.